The van der Waals surface area contributed by atoms with Gasteiger partial charge in [0, 0.05) is 19.0 Å². The van der Waals surface area contributed by atoms with Gasteiger partial charge in [-0.3, -0.25) is 9.59 Å². The summed E-state index contributed by atoms with van der Waals surface area (Å²) >= 11 is 0. The van der Waals surface area contributed by atoms with Crippen molar-refractivity contribution in [1.29, 1.82) is 0 Å². The first kappa shape index (κ1) is 15.1. The normalized spacial score (nSPS) is 17.3. The number of nitrogens with zero attached hydrogens (tertiary/aromatic N) is 2. The van der Waals surface area contributed by atoms with E-state index in [-0.39, 0.29) is 24.2 Å². The van der Waals surface area contributed by atoms with Gasteiger partial charge in [0.15, 0.2) is 0 Å². The molecular weight excluding hydrogens is 298 g/mol. The van der Waals surface area contributed by atoms with Gasteiger partial charge in [0.1, 0.15) is 5.76 Å². The van der Waals surface area contributed by atoms with E-state index in [0.29, 0.717) is 30.4 Å². The Morgan fingerprint density at radius 1 is 1.48 bits per heavy atom. The molecule has 120 valence electrons. The predicted molar refractivity (Wildman–Crippen MR) is 81.7 cm³/mol. The SMILES string of the molecule is COc1ccc(NC(=O)[C@@H]2CC(=O)N(Cc3ccco3)C2)cn1. The first-order valence-corrected chi connectivity index (χ1v) is 7.27. The zero-order valence-electron chi connectivity index (χ0n) is 12.7. The highest BCUT2D eigenvalue weighted by Gasteiger charge is 2.34. The van der Waals surface area contributed by atoms with Crippen LogP contribution in [0.2, 0.25) is 0 Å². The number of pyridine rings is 1. The number of aromatic nitrogens is 1. The molecule has 2 aromatic rings. The molecule has 1 saturated heterocycles. The first-order chi connectivity index (χ1) is 11.2. The third-order valence-corrected chi connectivity index (χ3v) is 3.73. The van der Waals surface area contributed by atoms with Crippen molar-refractivity contribution in [2.45, 2.75) is 13.0 Å². The Hall–Kier alpha value is -2.83. The summed E-state index contributed by atoms with van der Waals surface area (Å²) in [5, 5.41) is 2.78. The fraction of sp³-hybridized carbons (Fsp3) is 0.312. The molecule has 3 heterocycles. The lowest BCUT2D eigenvalue weighted by Crippen LogP contribution is -2.27. The molecule has 2 aromatic heterocycles. The Kier molecular flexibility index (Phi) is 4.27. The van der Waals surface area contributed by atoms with Gasteiger partial charge in [-0.25, -0.2) is 4.98 Å². The quantitative estimate of drug-likeness (QED) is 0.907. The maximum absolute atomic E-state index is 12.3. The number of hydrogen-bond acceptors (Lipinski definition) is 5. The van der Waals surface area contributed by atoms with Gasteiger partial charge in [0.25, 0.3) is 0 Å². The molecule has 1 fully saturated rings. The van der Waals surface area contributed by atoms with Crippen LogP contribution in [0.15, 0.2) is 41.1 Å². The van der Waals surface area contributed by atoms with Crippen molar-refractivity contribution in [2.75, 3.05) is 19.0 Å². The van der Waals surface area contributed by atoms with E-state index in [0.717, 1.165) is 0 Å². The summed E-state index contributed by atoms with van der Waals surface area (Å²) in [6, 6.07) is 6.96. The molecule has 23 heavy (non-hydrogen) atoms. The largest absolute Gasteiger partial charge is 0.481 e. The minimum absolute atomic E-state index is 0.0468. The van der Waals surface area contributed by atoms with Gasteiger partial charge in [0.05, 0.1) is 37.7 Å². The number of methoxy groups -OCH3 is 1. The van der Waals surface area contributed by atoms with Crippen molar-refractivity contribution in [3.63, 3.8) is 0 Å². The molecule has 0 bridgehead atoms. The number of ether oxygens (including phenoxy) is 1. The summed E-state index contributed by atoms with van der Waals surface area (Å²) in [5.41, 5.74) is 0.577. The van der Waals surface area contributed by atoms with Crippen molar-refractivity contribution in [1.82, 2.24) is 9.88 Å². The number of carbonyl (C=O) groups is 2. The van der Waals surface area contributed by atoms with Crippen LogP contribution < -0.4 is 10.1 Å². The topological polar surface area (TPSA) is 84.7 Å². The summed E-state index contributed by atoms with van der Waals surface area (Å²) in [6.45, 7) is 0.772. The number of carbonyl (C=O) groups excluding carboxylic acids is 2. The first-order valence-electron chi connectivity index (χ1n) is 7.27. The lowest BCUT2D eigenvalue weighted by Gasteiger charge is -2.15. The molecule has 0 radical (unpaired) electrons. The van der Waals surface area contributed by atoms with Crippen molar-refractivity contribution in [3.05, 3.63) is 42.5 Å². The fourth-order valence-electron chi connectivity index (χ4n) is 2.51. The van der Waals surface area contributed by atoms with E-state index in [9.17, 15) is 9.59 Å². The van der Waals surface area contributed by atoms with Crippen molar-refractivity contribution < 1.29 is 18.7 Å². The molecule has 1 aliphatic heterocycles. The van der Waals surface area contributed by atoms with E-state index in [1.807, 2.05) is 6.07 Å². The van der Waals surface area contributed by atoms with Crippen molar-refractivity contribution in [2.24, 2.45) is 5.92 Å². The zero-order chi connectivity index (χ0) is 16.2. The molecule has 0 aromatic carbocycles. The number of furan rings is 1. The maximum Gasteiger partial charge on any atom is 0.229 e. The second kappa shape index (κ2) is 6.51. The standard InChI is InChI=1S/C16H17N3O4/c1-22-14-5-4-12(8-17-14)18-16(21)11-7-15(20)19(9-11)10-13-3-2-6-23-13/h2-6,8,11H,7,9-10H2,1H3,(H,18,21)/t11-/m1/s1. The summed E-state index contributed by atoms with van der Waals surface area (Å²) in [5.74, 6) is 0.573. The van der Waals surface area contributed by atoms with Crippen LogP contribution in [0.25, 0.3) is 0 Å². The molecule has 0 spiro atoms. The number of amides is 2. The molecule has 3 rings (SSSR count). The van der Waals surface area contributed by atoms with Crippen LogP contribution in [-0.2, 0) is 16.1 Å². The molecule has 1 N–H and O–H groups in total. The lowest BCUT2D eigenvalue weighted by molar-refractivity contribution is -0.128. The van der Waals surface area contributed by atoms with Gasteiger partial charge >= 0.3 is 0 Å². The monoisotopic (exact) mass is 315 g/mol. The Labute approximate surface area is 133 Å². The number of rotatable bonds is 5. The van der Waals surface area contributed by atoms with Crippen LogP contribution in [-0.4, -0.2) is 35.4 Å². The molecule has 1 aliphatic rings. The smallest absolute Gasteiger partial charge is 0.229 e. The van der Waals surface area contributed by atoms with Gasteiger partial charge in [-0.15, -0.1) is 0 Å². The fourth-order valence-corrected chi connectivity index (χ4v) is 2.51. The van der Waals surface area contributed by atoms with Gasteiger partial charge in [-0.1, -0.05) is 0 Å². The van der Waals surface area contributed by atoms with Crippen molar-refractivity contribution in [3.8, 4) is 5.88 Å². The summed E-state index contributed by atoms with van der Waals surface area (Å²) in [7, 11) is 1.53. The molecule has 1 atom stereocenters. The van der Waals surface area contributed by atoms with E-state index < -0.39 is 0 Å². The highest BCUT2D eigenvalue weighted by atomic mass is 16.5. The zero-order valence-corrected chi connectivity index (χ0v) is 12.7. The second-order valence-corrected chi connectivity index (χ2v) is 5.33. The van der Waals surface area contributed by atoms with Crippen LogP contribution >= 0.6 is 0 Å². The van der Waals surface area contributed by atoms with E-state index in [1.165, 1.54) is 13.3 Å². The summed E-state index contributed by atoms with van der Waals surface area (Å²) < 4.78 is 10.2. The molecule has 7 heteroatoms. The average Bonchev–Trinajstić information content (AvgIpc) is 3.19. The highest BCUT2D eigenvalue weighted by Crippen LogP contribution is 2.22. The summed E-state index contributed by atoms with van der Waals surface area (Å²) in [6.07, 6.45) is 3.29. The van der Waals surface area contributed by atoms with Crippen LogP contribution in [0.3, 0.4) is 0 Å². The van der Waals surface area contributed by atoms with Crippen LogP contribution in [0.4, 0.5) is 5.69 Å². The lowest BCUT2D eigenvalue weighted by atomic mass is 10.1. The van der Waals surface area contributed by atoms with Crippen LogP contribution in [0, 0.1) is 5.92 Å². The Morgan fingerprint density at radius 2 is 2.35 bits per heavy atom. The predicted octanol–water partition coefficient (Wildman–Crippen LogP) is 1.67. The Bertz CT molecular complexity index is 682. The Balaban J connectivity index is 1.58. The molecule has 2 amide bonds. The molecule has 0 aliphatic carbocycles. The third kappa shape index (κ3) is 3.50. The number of likely N-dealkylation sites (tertiary alicyclic amines) is 1. The molecule has 0 saturated carbocycles. The average molecular weight is 315 g/mol. The van der Waals surface area contributed by atoms with Gasteiger partial charge in [-0.2, -0.15) is 0 Å². The molecule has 7 nitrogen and oxygen atoms in total. The number of anilines is 1. The minimum atomic E-state index is -0.375. The van der Waals surface area contributed by atoms with Crippen LogP contribution in [0.5, 0.6) is 5.88 Å². The minimum Gasteiger partial charge on any atom is -0.481 e. The Morgan fingerprint density at radius 3 is 3.00 bits per heavy atom. The number of nitrogens with one attached hydrogen (secondary N) is 1. The van der Waals surface area contributed by atoms with E-state index >= 15 is 0 Å². The maximum atomic E-state index is 12.3. The van der Waals surface area contributed by atoms with Gasteiger partial charge in [0.2, 0.25) is 17.7 Å². The molecule has 0 unspecified atom stereocenters. The van der Waals surface area contributed by atoms with E-state index in [2.05, 4.69) is 10.3 Å². The van der Waals surface area contributed by atoms with Gasteiger partial charge in [-0.05, 0) is 18.2 Å². The summed E-state index contributed by atoms with van der Waals surface area (Å²) in [4.78, 5) is 30.0. The molecular formula is C16H17N3O4. The number of hydrogen-bond donors (Lipinski definition) is 1. The second-order valence-electron chi connectivity index (χ2n) is 5.33. The van der Waals surface area contributed by atoms with Crippen LogP contribution in [0.1, 0.15) is 12.2 Å². The van der Waals surface area contributed by atoms with Crippen molar-refractivity contribution >= 4 is 17.5 Å². The van der Waals surface area contributed by atoms with E-state index in [4.69, 9.17) is 9.15 Å². The van der Waals surface area contributed by atoms with E-state index in [1.54, 1.807) is 29.4 Å². The third-order valence-electron chi connectivity index (χ3n) is 3.73. The van der Waals surface area contributed by atoms with Gasteiger partial charge < -0.3 is 19.4 Å². The highest BCUT2D eigenvalue weighted by molar-refractivity contribution is 5.97.